The number of carbonyl (C=O) groups is 2. The fourth-order valence-corrected chi connectivity index (χ4v) is 3.30. The van der Waals surface area contributed by atoms with E-state index >= 15 is 0 Å². The maximum absolute atomic E-state index is 12.0. The molecule has 0 heterocycles. The van der Waals surface area contributed by atoms with Gasteiger partial charge in [0.1, 0.15) is 11.9 Å². The van der Waals surface area contributed by atoms with Crippen LogP contribution in [0, 0.1) is 11.3 Å². The lowest BCUT2D eigenvalue weighted by atomic mass is 9.72. The van der Waals surface area contributed by atoms with Crippen LogP contribution in [0.5, 0.6) is 5.75 Å². The van der Waals surface area contributed by atoms with Crippen LogP contribution in [-0.2, 0) is 9.53 Å². The second-order valence-corrected chi connectivity index (χ2v) is 7.93. The second-order valence-electron chi connectivity index (χ2n) is 7.93. The van der Waals surface area contributed by atoms with Crippen LogP contribution in [0.4, 0.5) is 5.69 Å². The Labute approximate surface area is 149 Å². The predicted molar refractivity (Wildman–Crippen MR) is 97.6 cm³/mol. The molecule has 0 amide bonds. The number of hydrogen-bond donors (Lipinski definition) is 1. The summed E-state index contributed by atoms with van der Waals surface area (Å²) in [6.07, 6.45) is 3.96. The van der Waals surface area contributed by atoms with E-state index in [1.165, 1.54) is 6.92 Å². The largest absolute Gasteiger partial charge is 0.480 e. The smallest absolute Gasteiger partial charge is 0.344 e. The summed E-state index contributed by atoms with van der Waals surface area (Å²) < 4.78 is 11.0. The monoisotopic (exact) mass is 347 g/mol. The van der Waals surface area contributed by atoms with Crippen LogP contribution < -0.4 is 10.5 Å². The summed E-state index contributed by atoms with van der Waals surface area (Å²) >= 11 is 0. The zero-order valence-corrected chi connectivity index (χ0v) is 15.6. The van der Waals surface area contributed by atoms with Crippen molar-refractivity contribution in [1.82, 2.24) is 0 Å². The van der Waals surface area contributed by atoms with E-state index in [2.05, 4.69) is 20.8 Å². The third-order valence-corrected chi connectivity index (χ3v) is 4.96. The Kier molecular flexibility index (Phi) is 6.09. The molecule has 0 radical (unpaired) electrons. The first-order valence-electron chi connectivity index (χ1n) is 8.89. The molecule has 0 bridgehead atoms. The summed E-state index contributed by atoms with van der Waals surface area (Å²) in [4.78, 5) is 23.3. The minimum atomic E-state index is -0.380. The molecule has 1 aliphatic rings. The van der Waals surface area contributed by atoms with Crippen LogP contribution in [-0.4, -0.2) is 24.5 Å². The standard InChI is InChI=1S/C20H29NO4/c1-13(22)14-5-10-18(17(21)11-14)24-12-19(23)25-16-8-6-15(7-9-16)20(2,3)4/h5,10-11,15-16H,6-9,12,21H2,1-4H3. The summed E-state index contributed by atoms with van der Waals surface area (Å²) in [5, 5.41) is 0. The van der Waals surface area contributed by atoms with Crippen LogP contribution in [0.2, 0.25) is 0 Å². The van der Waals surface area contributed by atoms with Gasteiger partial charge in [0.05, 0.1) is 5.69 Å². The van der Waals surface area contributed by atoms with Gasteiger partial charge >= 0.3 is 5.97 Å². The highest BCUT2D eigenvalue weighted by atomic mass is 16.6. The van der Waals surface area contributed by atoms with Gasteiger partial charge in [-0.15, -0.1) is 0 Å². The molecule has 2 rings (SSSR count). The lowest BCUT2D eigenvalue weighted by Gasteiger charge is -2.36. The number of ketones is 1. The Balaban J connectivity index is 1.79. The van der Waals surface area contributed by atoms with E-state index < -0.39 is 0 Å². The number of hydrogen-bond acceptors (Lipinski definition) is 5. The van der Waals surface area contributed by atoms with Crippen LogP contribution in [0.3, 0.4) is 0 Å². The van der Waals surface area contributed by atoms with Gasteiger partial charge in [-0.3, -0.25) is 4.79 Å². The molecule has 0 spiro atoms. The zero-order chi connectivity index (χ0) is 18.6. The summed E-state index contributed by atoms with van der Waals surface area (Å²) in [6.45, 7) is 8.09. The number of rotatable bonds is 5. The highest BCUT2D eigenvalue weighted by Crippen LogP contribution is 2.38. The molecule has 0 saturated heterocycles. The van der Waals surface area contributed by atoms with Crippen molar-refractivity contribution in [2.75, 3.05) is 12.3 Å². The molecule has 0 atom stereocenters. The van der Waals surface area contributed by atoms with Crippen molar-refractivity contribution in [2.24, 2.45) is 11.3 Å². The van der Waals surface area contributed by atoms with E-state index in [1.54, 1.807) is 18.2 Å². The van der Waals surface area contributed by atoms with Gasteiger partial charge in [0.2, 0.25) is 0 Å². The minimum Gasteiger partial charge on any atom is -0.480 e. The summed E-state index contributed by atoms with van der Waals surface area (Å²) in [5.41, 5.74) is 7.02. The maximum Gasteiger partial charge on any atom is 0.344 e. The van der Waals surface area contributed by atoms with Crippen LogP contribution >= 0.6 is 0 Å². The molecule has 5 heteroatoms. The normalized spacial score (nSPS) is 20.8. The number of nitrogen functional groups attached to an aromatic ring is 1. The Morgan fingerprint density at radius 1 is 1.16 bits per heavy atom. The number of esters is 1. The van der Waals surface area contributed by atoms with Crippen molar-refractivity contribution in [3.8, 4) is 5.75 Å². The number of Topliss-reactive ketones (excluding diaryl/α,β-unsaturated/α-hetero) is 1. The number of carbonyl (C=O) groups excluding carboxylic acids is 2. The van der Waals surface area contributed by atoms with E-state index in [1.807, 2.05) is 0 Å². The first kappa shape index (κ1) is 19.3. The zero-order valence-electron chi connectivity index (χ0n) is 15.6. The molecule has 1 saturated carbocycles. The van der Waals surface area contributed by atoms with Gasteiger partial charge < -0.3 is 15.2 Å². The number of ether oxygens (including phenoxy) is 2. The Morgan fingerprint density at radius 3 is 2.32 bits per heavy atom. The van der Waals surface area contributed by atoms with Gasteiger partial charge in [-0.2, -0.15) is 0 Å². The van der Waals surface area contributed by atoms with Gasteiger partial charge in [0.15, 0.2) is 12.4 Å². The average Bonchev–Trinajstić information content (AvgIpc) is 2.53. The molecular formula is C20H29NO4. The molecule has 1 aromatic rings. The van der Waals surface area contributed by atoms with Crippen molar-refractivity contribution in [2.45, 2.75) is 59.5 Å². The molecule has 138 valence electrons. The molecular weight excluding hydrogens is 318 g/mol. The number of benzene rings is 1. The first-order valence-corrected chi connectivity index (χ1v) is 8.89. The van der Waals surface area contributed by atoms with E-state index in [0.29, 0.717) is 28.3 Å². The third kappa shape index (κ3) is 5.48. The summed E-state index contributed by atoms with van der Waals surface area (Å²) in [5.74, 6) is 0.620. The van der Waals surface area contributed by atoms with Crippen LogP contribution in [0.25, 0.3) is 0 Å². The van der Waals surface area contributed by atoms with E-state index in [0.717, 1.165) is 25.7 Å². The van der Waals surface area contributed by atoms with Gasteiger partial charge in [-0.1, -0.05) is 20.8 Å². The topological polar surface area (TPSA) is 78.6 Å². The molecule has 1 aromatic carbocycles. The lowest BCUT2D eigenvalue weighted by molar-refractivity contribution is -0.153. The fourth-order valence-electron chi connectivity index (χ4n) is 3.30. The van der Waals surface area contributed by atoms with E-state index in [9.17, 15) is 9.59 Å². The van der Waals surface area contributed by atoms with E-state index in [4.69, 9.17) is 15.2 Å². The molecule has 0 aliphatic heterocycles. The van der Waals surface area contributed by atoms with Crippen molar-refractivity contribution < 1.29 is 19.1 Å². The number of anilines is 1. The Hall–Kier alpha value is -2.04. The van der Waals surface area contributed by atoms with Gasteiger partial charge in [0, 0.05) is 5.56 Å². The van der Waals surface area contributed by atoms with Gasteiger partial charge in [-0.25, -0.2) is 4.79 Å². The maximum atomic E-state index is 12.0. The molecule has 5 nitrogen and oxygen atoms in total. The predicted octanol–water partition coefficient (Wildman–Crippen LogP) is 4.00. The van der Waals surface area contributed by atoms with Crippen molar-refractivity contribution in [1.29, 1.82) is 0 Å². The minimum absolute atomic E-state index is 0.0212. The quantitative estimate of drug-likeness (QED) is 0.495. The van der Waals surface area contributed by atoms with Crippen molar-refractivity contribution >= 4 is 17.4 Å². The highest BCUT2D eigenvalue weighted by molar-refractivity contribution is 5.95. The van der Waals surface area contributed by atoms with E-state index in [-0.39, 0.29) is 24.5 Å². The Morgan fingerprint density at radius 2 is 1.80 bits per heavy atom. The summed E-state index contributed by atoms with van der Waals surface area (Å²) in [7, 11) is 0. The second kappa shape index (κ2) is 7.89. The SMILES string of the molecule is CC(=O)c1ccc(OCC(=O)OC2CCC(C(C)(C)C)CC2)c(N)c1. The lowest BCUT2D eigenvalue weighted by Crippen LogP contribution is -2.31. The molecule has 2 N–H and O–H groups in total. The third-order valence-electron chi connectivity index (χ3n) is 4.96. The molecule has 0 unspecified atom stereocenters. The molecule has 1 fully saturated rings. The Bertz CT molecular complexity index is 625. The van der Waals surface area contributed by atoms with Crippen molar-refractivity contribution in [3.05, 3.63) is 23.8 Å². The average molecular weight is 347 g/mol. The summed E-state index contributed by atoms with van der Waals surface area (Å²) in [6, 6.07) is 4.79. The molecule has 1 aliphatic carbocycles. The highest BCUT2D eigenvalue weighted by Gasteiger charge is 2.31. The van der Waals surface area contributed by atoms with Crippen LogP contribution in [0.1, 0.15) is 63.7 Å². The van der Waals surface area contributed by atoms with Gasteiger partial charge in [0.25, 0.3) is 0 Å². The number of nitrogens with two attached hydrogens (primary N) is 1. The first-order chi connectivity index (χ1) is 11.7. The molecule has 0 aromatic heterocycles. The fraction of sp³-hybridized carbons (Fsp3) is 0.600. The van der Waals surface area contributed by atoms with Crippen LogP contribution in [0.15, 0.2) is 18.2 Å². The van der Waals surface area contributed by atoms with Crippen molar-refractivity contribution in [3.63, 3.8) is 0 Å². The van der Waals surface area contributed by atoms with Gasteiger partial charge in [-0.05, 0) is 62.1 Å². The molecule has 25 heavy (non-hydrogen) atoms.